The number of carbonyl (C=O) groups is 1. The van der Waals surface area contributed by atoms with Crippen LogP contribution in [-0.2, 0) is 20.8 Å². The zero-order chi connectivity index (χ0) is 41.7. The molecule has 6 nitrogen and oxygen atoms in total. The molecule has 2 aromatic carbocycles. The van der Waals surface area contributed by atoms with Crippen molar-refractivity contribution >= 4 is 50.9 Å². The standard InChI is InChI=1S/C54H68N2O4S2/c57-51-43(27-49-55(45-13-5-7-15-47(45)61-49)17-9-1-3-11-19-59-35-53-29-37-21-38(30-53)23-39(22-37)31-53)52(58)44(51)28-50-56(46-14-6-8-16-48(46)62-50)18-10-2-4-12-20-60-36-54-32-40-24-41(33-54)26-42(25-40)34-54/h5-8,13-16,27-28,37-42H,1-4,9-12,17-26,29-36H2/p+1. The third-order valence-electron chi connectivity index (χ3n) is 16.8. The van der Waals surface area contributed by atoms with Crippen LogP contribution in [0.15, 0.2) is 81.4 Å². The van der Waals surface area contributed by atoms with E-state index >= 15 is 0 Å². The van der Waals surface area contributed by atoms with E-state index in [0.717, 1.165) is 124 Å². The smallest absolute Gasteiger partial charge is 0.263 e. The molecule has 0 spiro atoms. The number of unbranched alkanes of at least 4 members (excludes halogenated alkanes) is 6. The number of thiazole rings is 1. The maximum absolute atomic E-state index is 13.8. The first kappa shape index (κ1) is 41.8. The second-order valence-corrected chi connectivity index (χ2v) is 23.8. The van der Waals surface area contributed by atoms with Crippen molar-refractivity contribution in [3.63, 3.8) is 0 Å². The Balaban J connectivity index is 0.670. The van der Waals surface area contributed by atoms with Gasteiger partial charge in [-0.25, -0.2) is 0 Å². The topological polar surface area (TPSA) is 62.9 Å². The lowest BCUT2D eigenvalue weighted by Gasteiger charge is -2.56. The number of aryl methyl sites for hydroxylation is 1. The van der Waals surface area contributed by atoms with Crippen molar-refractivity contribution < 1.29 is 23.9 Å². The largest absolute Gasteiger partial charge is 0.506 e. The molecule has 9 aliphatic carbocycles. The Morgan fingerprint density at radius 3 is 1.84 bits per heavy atom. The van der Waals surface area contributed by atoms with Crippen LogP contribution in [-0.4, -0.2) is 43.9 Å². The number of thioether (sulfide) groups is 1. The van der Waals surface area contributed by atoms with Crippen molar-refractivity contribution in [1.29, 1.82) is 0 Å². The number of para-hydroxylation sites is 2. The number of ketones is 1. The van der Waals surface area contributed by atoms with E-state index in [-0.39, 0.29) is 11.5 Å². The van der Waals surface area contributed by atoms with E-state index < -0.39 is 0 Å². The Kier molecular flexibility index (Phi) is 12.0. The van der Waals surface area contributed by atoms with E-state index in [1.807, 2.05) is 12.2 Å². The van der Waals surface area contributed by atoms with Crippen LogP contribution in [0.4, 0.5) is 5.69 Å². The van der Waals surface area contributed by atoms with Gasteiger partial charge >= 0.3 is 0 Å². The van der Waals surface area contributed by atoms with E-state index in [9.17, 15) is 9.90 Å². The quantitative estimate of drug-likeness (QED) is 0.0693. The highest BCUT2D eigenvalue weighted by Crippen LogP contribution is 2.61. The van der Waals surface area contributed by atoms with Crippen LogP contribution in [0.2, 0.25) is 0 Å². The molecule has 3 aromatic rings. The van der Waals surface area contributed by atoms with Gasteiger partial charge in [0.25, 0.3) is 5.01 Å². The number of hydrogen-bond acceptors (Lipinski definition) is 7. The molecule has 0 amide bonds. The molecule has 0 radical (unpaired) electrons. The van der Waals surface area contributed by atoms with Gasteiger partial charge in [0.15, 0.2) is 6.54 Å². The molecule has 10 aliphatic rings. The van der Waals surface area contributed by atoms with Gasteiger partial charge in [0.1, 0.15) is 10.5 Å². The number of fused-ring (bicyclic) bond motifs is 2. The lowest BCUT2D eigenvalue weighted by atomic mass is 9.50. The second kappa shape index (κ2) is 17.8. The maximum Gasteiger partial charge on any atom is 0.263 e. The molecule has 8 heteroatoms. The molecule has 8 fully saturated rings. The summed E-state index contributed by atoms with van der Waals surface area (Å²) in [5.41, 5.74) is 4.24. The molecule has 1 N–H and O–H groups in total. The van der Waals surface area contributed by atoms with Gasteiger partial charge in [0.05, 0.1) is 35.1 Å². The van der Waals surface area contributed by atoms with Gasteiger partial charge < -0.3 is 19.5 Å². The number of rotatable bonds is 20. The van der Waals surface area contributed by atoms with Crippen LogP contribution in [0.5, 0.6) is 0 Å². The summed E-state index contributed by atoms with van der Waals surface area (Å²) in [6.07, 6.45) is 30.4. The lowest BCUT2D eigenvalue weighted by Crippen LogP contribution is -2.48. The normalized spacial score (nSPS) is 32.9. The van der Waals surface area contributed by atoms with Crippen LogP contribution in [0.25, 0.3) is 16.3 Å². The number of aliphatic hydroxyl groups excluding tert-OH is 1. The van der Waals surface area contributed by atoms with Gasteiger partial charge in [-0.1, -0.05) is 66.6 Å². The second-order valence-electron chi connectivity index (χ2n) is 21.7. The lowest BCUT2D eigenvalue weighted by molar-refractivity contribution is -0.669. The highest BCUT2D eigenvalue weighted by Gasteiger charge is 2.52. The first-order chi connectivity index (χ1) is 30.4. The van der Waals surface area contributed by atoms with Crippen molar-refractivity contribution in [3.05, 3.63) is 81.5 Å². The van der Waals surface area contributed by atoms with Crippen LogP contribution >= 0.6 is 23.1 Å². The summed E-state index contributed by atoms with van der Waals surface area (Å²) in [7, 11) is 0. The van der Waals surface area contributed by atoms with Gasteiger partial charge in [-0.2, -0.15) is 4.57 Å². The molecule has 8 saturated carbocycles. The Labute approximate surface area is 378 Å². The van der Waals surface area contributed by atoms with Gasteiger partial charge in [-0.3, -0.25) is 4.79 Å². The van der Waals surface area contributed by atoms with Crippen molar-refractivity contribution in [1.82, 2.24) is 0 Å². The van der Waals surface area contributed by atoms with E-state index in [1.54, 1.807) is 23.1 Å². The molecular weight excluding hydrogens is 805 g/mol. The first-order valence-corrected chi connectivity index (χ1v) is 26.5. The van der Waals surface area contributed by atoms with Crippen LogP contribution in [0, 0.1) is 46.3 Å². The molecule has 1 aliphatic heterocycles. The minimum absolute atomic E-state index is 0.0717. The summed E-state index contributed by atoms with van der Waals surface area (Å²) in [6.45, 7) is 5.55. The van der Waals surface area contributed by atoms with Crippen LogP contribution in [0.1, 0.15) is 133 Å². The molecule has 13 rings (SSSR count). The number of carbonyl (C=O) groups excluding carboxylic acids is 1. The third kappa shape index (κ3) is 8.53. The molecule has 330 valence electrons. The zero-order valence-electron chi connectivity index (χ0n) is 37.0. The molecule has 62 heavy (non-hydrogen) atoms. The number of aromatic nitrogens is 1. The van der Waals surface area contributed by atoms with Crippen LogP contribution < -0.4 is 9.47 Å². The van der Waals surface area contributed by atoms with Crippen molar-refractivity contribution in [2.75, 3.05) is 37.9 Å². The summed E-state index contributed by atoms with van der Waals surface area (Å²) in [6, 6.07) is 17.1. The van der Waals surface area contributed by atoms with Gasteiger partial charge in [0, 0.05) is 43.2 Å². The molecule has 2 heterocycles. The van der Waals surface area contributed by atoms with Crippen LogP contribution in [0.3, 0.4) is 0 Å². The molecule has 1 aromatic heterocycles. The average Bonchev–Trinajstić information content (AvgIpc) is 3.79. The molecule has 8 bridgehead atoms. The number of allylic oxidation sites excluding steroid dienone is 3. The average molecular weight is 874 g/mol. The fraction of sp³-hybridized carbons (Fsp3) is 0.630. The highest BCUT2D eigenvalue weighted by molar-refractivity contribution is 8.03. The molecule has 0 atom stereocenters. The fourth-order valence-corrected chi connectivity index (χ4v) is 17.2. The van der Waals surface area contributed by atoms with Gasteiger partial charge in [-0.15, -0.1) is 0 Å². The maximum atomic E-state index is 13.8. The Bertz CT molecular complexity index is 2160. The summed E-state index contributed by atoms with van der Waals surface area (Å²) < 4.78 is 16.3. The van der Waals surface area contributed by atoms with Crippen molar-refractivity contribution in [3.8, 4) is 0 Å². The summed E-state index contributed by atoms with van der Waals surface area (Å²) in [4.78, 5) is 17.4. The SMILES string of the molecule is O=C1C(=Cc2sc3ccccc3[n+]2CCCCCCOCC23CC4CC(CC(C4)C2)C3)C(O)=C1C=C1Sc2ccccc2N1CCCCCCOCC12CC3CC(CC(C3)C1)C2. The van der Waals surface area contributed by atoms with Crippen molar-refractivity contribution in [2.45, 2.75) is 140 Å². The fourth-order valence-electron chi connectivity index (χ4n) is 14.9. The molecule has 0 saturated heterocycles. The number of aliphatic hydroxyl groups is 1. The first-order valence-electron chi connectivity index (χ1n) is 24.9. The van der Waals surface area contributed by atoms with Gasteiger partial charge in [-0.05, 0) is 173 Å². The highest BCUT2D eigenvalue weighted by atomic mass is 32.2. The Hall–Kier alpha value is -2.91. The number of anilines is 1. The Morgan fingerprint density at radius 1 is 0.677 bits per heavy atom. The third-order valence-corrected chi connectivity index (χ3v) is 19.0. The van der Waals surface area contributed by atoms with Gasteiger partial charge in [0.2, 0.25) is 11.3 Å². The molecular formula is C54H69N2O4S2+. The predicted octanol–water partition coefficient (Wildman–Crippen LogP) is 13.0. The zero-order valence-corrected chi connectivity index (χ0v) is 38.6. The van der Waals surface area contributed by atoms with Crippen molar-refractivity contribution in [2.24, 2.45) is 46.3 Å². The minimum atomic E-state index is -0.0717. The number of ether oxygens (including phenoxy) is 2. The number of nitrogens with zero attached hydrogens (tertiary/aromatic N) is 2. The summed E-state index contributed by atoms with van der Waals surface area (Å²) in [5, 5.41) is 13.5. The summed E-state index contributed by atoms with van der Waals surface area (Å²) in [5.74, 6) is 5.96. The van der Waals surface area contributed by atoms with E-state index in [2.05, 4.69) is 58.0 Å². The summed E-state index contributed by atoms with van der Waals surface area (Å²) >= 11 is 3.41. The monoisotopic (exact) mass is 873 g/mol. The van der Waals surface area contributed by atoms with E-state index in [0.29, 0.717) is 22.0 Å². The predicted molar refractivity (Wildman–Crippen MR) is 252 cm³/mol. The van der Waals surface area contributed by atoms with E-state index in [4.69, 9.17) is 9.47 Å². The Morgan fingerprint density at radius 2 is 1.23 bits per heavy atom. The number of benzene rings is 2. The molecule has 0 unspecified atom stereocenters. The van der Waals surface area contributed by atoms with E-state index in [1.165, 1.54) is 111 Å². The number of hydrogen-bond donors (Lipinski definition) is 1. The number of Topliss-reactive ketones (excluding diaryl/α,β-unsaturated/α-hetero) is 1. The minimum Gasteiger partial charge on any atom is -0.506 e.